The van der Waals surface area contributed by atoms with E-state index in [4.69, 9.17) is 4.42 Å². The summed E-state index contributed by atoms with van der Waals surface area (Å²) in [4.78, 5) is 16.2. The number of thioether (sulfide) groups is 1. The highest BCUT2D eigenvalue weighted by molar-refractivity contribution is 8.14. The lowest BCUT2D eigenvalue weighted by atomic mass is 10.1. The summed E-state index contributed by atoms with van der Waals surface area (Å²) in [6, 6.07) is 19.1. The number of pyridine rings is 1. The molecule has 2 heterocycles. The van der Waals surface area contributed by atoms with Gasteiger partial charge in [0.15, 0.2) is 5.76 Å². The second-order valence-electron chi connectivity index (χ2n) is 4.49. The number of hydrogen-bond donors (Lipinski definition) is 0. The minimum absolute atomic E-state index is 0.131. The number of benzene rings is 1. The maximum absolute atomic E-state index is 12.1. The van der Waals surface area contributed by atoms with Crippen LogP contribution >= 0.6 is 11.8 Å². The number of nitrogens with zero attached hydrogens (tertiary/aromatic N) is 1. The number of carbonyl (C=O) groups excluding carboxylic acids is 1. The van der Waals surface area contributed by atoms with Gasteiger partial charge in [0.05, 0.1) is 0 Å². The number of aromatic nitrogens is 1. The van der Waals surface area contributed by atoms with Crippen molar-refractivity contribution in [1.82, 2.24) is 4.98 Å². The van der Waals surface area contributed by atoms with Crippen LogP contribution in [-0.4, -0.2) is 10.1 Å². The fraction of sp³-hybridized carbons (Fsp3) is 0.0588. The van der Waals surface area contributed by atoms with Gasteiger partial charge < -0.3 is 4.42 Å². The highest BCUT2D eigenvalue weighted by atomic mass is 32.2. The quantitative estimate of drug-likeness (QED) is 0.677. The Balaban J connectivity index is 1.68. The summed E-state index contributed by atoms with van der Waals surface area (Å²) in [7, 11) is 0. The molecule has 0 aliphatic carbocycles. The molecule has 0 radical (unpaired) electrons. The summed E-state index contributed by atoms with van der Waals surface area (Å²) >= 11 is 1.07. The van der Waals surface area contributed by atoms with Gasteiger partial charge in [-0.05, 0) is 41.6 Å². The van der Waals surface area contributed by atoms with E-state index in [2.05, 4.69) is 4.98 Å². The van der Waals surface area contributed by atoms with Crippen molar-refractivity contribution < 1.29 is 9.21 Å². The molecule has 0 aliphatic rings. The summed E-state index contributed by atoms with van der Waals surface area (Å²) in [6.45, 7) is 0. The second-order valence-corrected chi connectivity index (χ2v) is 5.48. The summed E-state index contributed by atoms with van der Waals surface area (Å²) in [5.41, 5.74) is 1.16. The van der Waals surface area contributed by atoms with E-state index in [9.17, 15) is 4.79 Å². The lowest BCUT2D eigenvalue weighted by Crippen LogP contribution is -1.91. The Bertz CT molecular complexity index is 723. The summed E-state index contributed by atoms with van der Waals surface area (Å²) < 4.78 is 5.62. The smallest absolute Gasteiger partial charge is 0.260 e. The van der Waals surface area contributed by atoms with E-state index in [-0.39, 0.29) is 5.12 Å². The molecule has 3 nitrogen and oxygen atoms in total. The first-order valence-electron chi connectivity index (χ1n) is 6.57. The largest absolute Gasteiger partial charge is 0.457 e. The molecule has 0 atom stereocenters. The minimum atomic E-state index is -0.131. The van der Waals surface area contributed by atoms with Gasteiger partial charge in [0, 0.05) is 12.6 Å². The third-order valence-electron chi connectivity index (χ3n) is 2.92. The van der Waals surface area contributed by atoms with Crippen LogP contribution in [0.25, 0.3) is 0 Å². The topological polar surface area (TPSA) is 43.1 Å². The fourth-order valence-electron chi connectivity index (χ4n) is 1.93. The van der Waals surface area contributed by atoms with E-state index in [0.717, 1.165) is 23.1 Å². The predicted octanol–water partition coefficient (Wildman–Crippen LogP) is 4.20. The van der Waals surface area contributed by atoms with Gasteiger partial charge in [-0.25, -0.2) is 4.98 Å². The number of furan rings is 1. The Morgan fingerprint density at radius 2 is 1.81 bits per heavy atom. The Labute approximate surface area is 127 Å². The van der Waals surface area contributed by atoms with Gasteiger partial charge in [0.25, 0.3) is 5.12 Å². The molecular weight excluding hydrogens is 282 g/mol. The third-order valence-corrected chi connectivity index (χ3v) is 3.76. The predicted molar refractivity (Wildman–Crippen MR) is 82.4 cm³/mol. The Morgan fingerprint density at radius 3 is 2.57 bits per heavy atom. The van der Waals surface area contributed by atoms with E-state index in [1.807, 2.05) is 48.5 Å². The second kappa shape index (κ2) is 6.41. The molecule has 2 aromatic heterocycles. The number of carbonyl (C=O) groups is 1. The zero-order valence-corrected chi connectivity index (χ0v) is 12.0. The number of rotatable bonds is 4. The number of hydrogen-bond acceptors (Lipinski definition) is 4. The van der Waals surface area contributed by atoms with Crippen LogP contribution in [0.3, 0.4) is 0 Å². The van der Waals surface area contributed by atoms with E-state index >= 15 is 0 Å². The molecule has 3 aromatic rings. The molecule has 21 heavy (non-hydrogen) atoms. The first-order valence-corrected chi connectivity index (χ1v) is 7.39. The molecule has 1 aromatic carbocycles. The molecule has 3 rings (SSSR count). The van der Waals surface area contributed by atoms with Crippen LogP contribution in [0, 0.1) is 0 Å². The minimum Gasteiger partial charge on any atom is -0.457 e. The lowest BCUT2D eigenvalue weighted by molar-refractivity contribution is 0.106. The van der Waals surface area contributed by atoms with Crippen LogP contribution in [0.1, 0.15) is 21.9 Å². The Morgan fingerprint density at radius 1 is 1.00 bits per heavy atom. The van der Waals surface area contributed by atoms with Gasteiger partial charge >= 0.3 is 0 Å². The van der Waals surface area contributed by atoms with Crippen molar-refractivity contribution in [3.8, 4) is 0 Å². The molecule has 0 amide bonds. The summed E-state index contributed by atoms with van der Waals surface area (Å²) in [5, 5.41) is 0.538. The zero-order chi connectivity index (χ0) is 14.5. The maximum atomic E-state index is 12.1. The monoisotopic (exact) mass is 295 g/mol. The van der Waals surface area contributed by atoms with Crippen LogP contribution in [0.2, 0.25) is 0 Å². The molecule has 4 heteroatoms. The molecule has 0 saturated carbocycles. The molecule has 104 valence electrons. The standard InChI is InChI=1S/C17H13NO2S/c19-17(21-16-8-4-5-11-18-16)15-10-9-14(20-15)12-13-6-2-1-3-7-13/h1-11H,12H2. The van der Waals surface area contributed by atoms with Crippen LogP contribution in [0.5, 0.6) is 0 Å². The van der Waals surface area contributed by atoms with Crippen LogP contribution in [0.15, 0.2) is 76.3 Å². The normalized spacial score (nSPS) is 10.5. The molecule has 0 fully saturated rings. The zero-order valence-electron chi connectivity index (χ0n) is 11.2. The van der Waals surface area contributed by atoms with Crippen LogP contribution < -0.4 is 0 Å². The average molecular weight is 295 g/mol. The third kappa shape index (κ3) is 3.61. The molecule has 0 bridgehead atoms. The highest BCUT2D eigenvalue weighted by Gasteiger charge is 2.13. The molecule has 0 spiro atoms. The highest BCUT2D eigenvalue weighted by Crippen LogP contribution is 2.22. The van der Waals surface area contributed by atoms with Crippen LogP contribution in [-0.2, 0) is 6.42 Å². The van der Waals surface area contributed by atoms with E-state index in [1.165, 1.54) is 0 Å². The van der Waals surface area contributed by atoms with Gasteiger partial charge in [0.2, 0.25) is 0 Å². The Hall–Kier alpha value is -2.33. The van der Waals surface area contributed by atoms with Gasteiger partial charge in [-0.3, -0.25) is 4.79 Å². The van der Waals surface area contributed by atoms with Crippen molar-refractivity contribution in [3.63, 3.8) is 0 Å². The molecule has 0 N–H and O–H groups in total. The van der Waals surface area contributed by atoms with Gasteiger partial charge in [-0.1, -0.05) is 36.4 Å². The van der Waals surface area contributed by atoms with E-state index in [1.54, 1.807) is 18.3 Å². The molecule has 0 saturated heterocycles. The fourth-order valence-corrected chi connectivity index (χ4v) is 2.59. The lowest BCUT2D eigenvalue weighted by Gasteiger charge is -1.98. The van der Waals surface area contributed by atoms with Crippen molar-refractivity contribution >= 4 is 16.9 Å². The van der Waals surface area contributed by atoms with Crippen molar-refractivity contribution in [1.29, 1.82) is 0 Å². The van der Waals surface area contributed by atoms with Crippen molar-refractivity contribution in [3.05, 3.63) is 83.9 Å². The van der Waals surface area contributed by atoms with Crippen molar-refractivity contribution in [2.45, 2.75) is 11.4 Å². The van der Waals surface area contributed by atoms with Crippen molar-refractivity contribution in [2.24, 2.45) is 0 Å². The maximum Gasteiger partial charge on any atom is 0.260 e. The molecule has 0 aliphatic heterocycles. The van der Waals surface area contributed by atoms with Gasteiger partial charge in [-0.2, -0.15) is 0 Å². The molecular formula is C17H13NO2S. The first-order chi connectivity index (χ1) is 10.3. The first kappa shape index (κ1) is 13.6. The average Bonchev–Trinajstić information content (AvgIpc) is 2.98. The van der Waals surface area contributed by atoms with Crippen LogP contribution in [0.4, 0.5) is 0 Å². The molecule has 0 unspecified atom stereocenters. The summed E-state index contributed by atoms with van der Waals surface area (Å²) in [6.07, 6.45) is 2.35. The SMILES string of the molecule is O=C(Sc1ccccn1)c1ccc(Cc2ccccc2)o1. The summed E-state index contributed by atoms with van der Waals surface area (Å²) in [5.74, 6) is 1.14. The van der Waals surface area contributed by atoms with Gasteiger partial charge in [-0.15, -0.1) is 0 Å². The Kier molecular flexibility index (Phi) is 4.17. The van der Waals surface area contributed by atoms with Gasteiger partial charge in [0.1, 0.15) is 10.8 Å². The van der Waals surface area contributed by atoms with E-state index < -0.39 is 0 Å². The van der Waals surface area contributed by atoms with Crippen molar-refractivity contribution in [2.75, 3.05) is 0 Å². The van der Waals surface area contributed by atoms with E-state index in [0.29, 0.717) is 17.2 Å².